The normalized spacial score (nSPS) is 29.8. The van der Waals surface area contributed by atoms with Gasteiger partial charge in [-0.3, -0.25) is 80.9 Å². The maximum atomic E-state index is 13.6. The van der Waals surface area contributed by atoms with Crippen molar-refractivity contribution >= 4 is 152 Å². The van der Waals surface area contributed by atoms with Gasteiger partial charge in [0.1, 0.15) is 97.9 Å². The number of hydrogen-bond acceptors (Lipinski definition) is 44. The van der Waals surface area contributed by atoms with Crippen LogP contribution in [-0.2, 0) is 175 Å². The minimum absolute atomic E-state index is 0.0278. The predicted molar refractivity (Wildman–Crippen MR) is 506 cm³/mol. The lowest BCUT2D eigenvalue weighted by Crippen LogP contribution is -2.33. The van der Waals surface area contributed by atoms with Crippen molar-refractivity contribution in [1.29, 1.82) is 0 Å². The lowest BCUT2D eigenvalue weighted by molar-refractivity contribution is -0.0577. The average Bonchev–Trinajstić information content (AvgIpc) is 1.52. The van der Waals surface area contributed by atoms with E-state index in [2.05, 4.69) is 44.9 Å². The number of fused-ring (bicyclic) bond motifs is 1. The quantitative estimate of drug-likeness (QED) is 0.0203. The molecular formula is C69H91N18O39P7S7. The summed E-state index contributed by atoms with van der Waals surface area (Å²) in [7, 11) is 0. The monoisotopic (exact) mass is 2240 g/mol. The SMILES string of the molecule is Cc1cn([C@H]2CC(OP(O)(=S)OC[C@H]3O[C@@H](n4cnc5c(N)ncnc54)CC3OP(O)(=S)OC[C@H]3O[C@@H](n4cc(C)c(=O)[nH]c4=O)CC3OP(O)(=S)OC[C@H]3O[C@@H](n4cc(C)c(=O)[nH]c4=O)CC3OP(O)(=S)OC[C@H]3O[C@@H](n4ccc(=O)[nH]c4=O)CC3OP(O)(O)=S)[C@@H](COP(O)(=S)OC3C[C@H](n4cc(C)c(=O)[nH]c4=O)O[C@@H]3COP(O)(=S)OC3C[C@H](n4cc(C)c(=O)[nH]c4=O)O[C@@H]3C)O2)c(=O)nc1N. The smallest absolute Gasteiger partial charge is 0.351 e. The number of imidazole rings is 1. The van der Waals surface area contributed by atoms with E-state index in [4.69, 9.17) is 186 Å². The van der Waals surface area contributed by atoms with Crippen LogP contribution in [0, 0.1) is 34.6 Å². The van der Waals surface area contributed by atoms with Crippen molar-refractivity contribution in [1.82, 2.24) is 76.8 Å². The van der Waals surface area contributed by atoms with Gasteiger partial charge >= 0.3 is 81.2 Å². The van der Waals surface area contributed by atoms with E-state index in [1.54, 1.807) is 13.8 Å². The summed E-state index contributed by atoms with van der Waals surface area (Å²) in [5.41, 5.74) is 4.06. The van der Waals surface area contributed by atoms with E-state index in [0.29, 0.717) is 5.56 Å². The zero-order valence-electron chi connectivity index (χ0n) is 73.3. The van der Waals surface area contributed by atoms with Gasteiger partial charge in [0.2, 0.25) is 0 Å². The number of nitrogens with one attached hydrogen (secondary N) is 5. The molecule has 0 radical (unpaired) electrons. The summed E-state index contributed by atoms with van der Waals surface area (Å²) >= 11 is 38.1. The van der Waals surface area contributed by atoms with Crippen molar-refractivity contribution in [2.75, 3.05) is 51.1 Å². The third kappa shape index (κ3) is 26.3. The van der Waals surface area contributed by atoms with Crippen molar-refractivity contribution in [2.45, 2.75) is 216 Å². The molecule has 7 saturated heterocycles. The molecule has 27 atom stereocenters. The second-order valence-corrected chi connectivity index (χ2v) is 52.2. The van der Waals surface area contributed by atoms with Crippen molar-refractivity contribution in [3.8, 4) is 0 Å². The standard InChI is InChI=1S/C69H91N18O39P7S7/c1-29-16-82(65(94)76-57(29)70)51-11-37(44(115-51)23-109-130(103,137)124-38-12-52(84-18-31(3)61(90)78-67(84)96)116-43(38)22-107-128(101,135)121-35-9-50(113-34(35)6)83-17-30(2)60(89)77-66(83)95)122-132(105,139)112-26-47-41(15-55(119-47)87-28-74-56-58(71)72-27-73-59(56)87)126-133(106,140)111-25-46-40(14-54(118-46)86-20-33(5)63(92)80-69(86)98)125-131(104,138)110-24-45-39(13-53(117-45)85-19-32(4)62(91)79-68(85)97)123-129(102,136)108-21-42-36(120-127(99,100)134)10-49(114-42)81-8-7-48(88)75-64(81)93/h7-8,16-20,27-28,34-47,49-55H,9-15,21-26H2,1-6H3,(H,101,135)(H,102,136)(H,103,137)(H,104,138)(H,105,139)(H,106,140)(H2,70,76,94)(H2,71,72,73)(H,75,88,93)(H,77,89,95)(H,78,90,96)(H,79,91,97)(H,80,92,98)(H2,99,100,134)/t34-,35?,36?,37?,38?,39?,40?,41?,42-,43-,44-,45-,46-,47-,49-,50-,51-,52-,53-,54-,55-,128?,129?,130?,131?,132?,133?/m1/s1. The summed E-state index contributed by atoms with van der Waals surface area (Å²) < 4.78 is 128. The number of H-pyrrole nitrogens is 5. The zero-order valence-corrected chi connectivity index (χ0v) is 85.3. The number of rotatable bonds is 39. The summed E-state index contributed by atoms with van der Waals surface area (Å²) in [6.45, 7) is -28.2. The van der Waals surface area contributed by atoms with Crippen molar-refractivity contribution in [3.63, 3.8) is 0 Å². The van der Waals surface area contributed by atoms with Crippen LogP contribution in [0.3, 0.4) is 0 Å². The van der Waals surface area contributed by atoms with Gasteiger partial charge in [-0.2, -0.15) is 4.98 Å². The largest absolute Gasteiger partial charge is 0.383 e. The van der Waals surface area contributed by atoms with E-state index in [1.165, 1.54) is 57.2 Å². The first-order chi connectivity index (χ1) is 65.6. The molecule has 0 saturated carbocycles. The molecule has 8 aromatic rings. The molecule has 0 aliphatic carbocycles. The molecule has 0 spiro atoms. The fraction of sp³-hybridized carbons (Fsp3) is 0.580. The first-order valence-electron chi connectivity index (χ1n) is 41.7. The van der Waals surface area contributed by atoms with E-state index in [0.717, 1.165) is 58.4 Å². The van der Waals surface area contributed by atoms with Crippen LogP contribution in [0.25, 0.3) is 11.2 Å². The van der Waals surface area contributed by atoms with Crippen molar-refractivity contribution in [3.05, 3.63) is 198 Å². The number of aryl methyl sites for hydroxylation is 5. The Morgan fingerprint density at radius 3 is 0.964 bits per heavy atom. The molecule has 57 nitrogen and oxygen atoms in total. The molecule has 71 heteroatoms. The molecule has 0 bridgehead atoms. The molecule has 7 fully saturated rings. The van der Waals surface area contributed by atoms with Gasteiger partial charge in [-0.05, 0) is 124 Å². The molecule has 7 aliphatic rings. The van der Waals surface area contributed by atoms with Gasteiger partial charge < -0.3 is 143 Å². The predicted octanol–water partition coefficient (Wildman–Crippen LogP) is -1.12. The second kappa shape index (κ2) is 43.3. The fourth-order valence-corrected chi connectivity index (χ4v) is 25.8. The Hall–Kier alpha value is -6.14. The number of ether oxygens (including phenoxy) is 7. The summed E-state index contributed by atoms with van der Waals surface area (Å²) in [5, 5.41) is 0. The number of hydrogen-bond donors (Lipinski definition) is 15. The minimum Gasteiger partial charge on any atom is -0.383 e. The number of nitrogens with zero attached hydrogens (tertiary/aromatic N) is 11. The lowest BCUT2D eigenvalue weighted by atomic mass is 10.2. The van der Waals surface area contributed by atoms with Gasteiger partial charge in [-0.1, -0.05) is 0 Å². The van der Waals surface area contributed by atoms with Gasteiger partial charge in [0.25, 0.3) is 27.8 Å². The summed E-state index contributed by atoms with van der Waals surface area (Å²) in [6.07, 6.45) is -20.5. The molecule has 0 aromatic carbocycles. The molecule has 140 heavy (non-hydrogen) atoms. The molecule has 0 amide bonds. The van der Waals surface area contributed by atoms with Gasteiger partial charge in [0.15, 0.2) is 11.5 Å². The van der Waals surface area contributed by atoms with E-state index >= 15 is 0 Å². The number of aromatic amines is 5. The first-order valence-corrected chi connectivity index (χ1v) is 59.9. The molecule has 15 heterocycles. The third-order valence-electron chi connectivity index (χ3n) is 22.9. The highest BCUT2D eigenvalue weighted by atomic mass is 32.5. The maximum absolute atomic E-state index is 13.6. The van der Waals surface area contributed by atoms with Gasteiger partial charge in [-0.15, -0.1) is 0 Å². The van der Waals surface area contributed by atoms with Crippen LogP contribution in [0.2, 0.25) is 0 Å². The lowest BCUT2D eigenvalue weighted by Gasteiger charge is -2.29. The van der Waals surface area contributed by atoms with Crippen LogP contribution >= 0.6 is 47.0 Å². The van der Waals surface area contributed by atoms with Crippen LogP contribution < -0.4 is 73.4 Å². The highest BCUT2D eigenvalue weighted by molar-refractivity contribution is 8.09. The van der Waals surface area contributed by atoms with Crippen LogP contribution in [0.4, 0.5) is 11.6 Å². The zero-order chi connectivity index (χ0) is 101. The van der Waals surface area contributed by atoms with Gasteiger partial charge in [-0.25, -0.2) is 43.7 Å². The first kappa shape index (κ1) is 108. The van der Waals surface area contributed by atoms with Crippen molar-refractivity contribution in [2.24, 2.45) is 0 Å². The van der Waals surface area contributed by atoms with Crippen LogP contribution in [0.5, 0.6) is 0 Å². The van der Waals surface area contributed by atoms with Gasteiger partial charge in [0, 0.05) is 116 Å². The Balaban J connectivity index is 0.634. The van der Waals surface area contributed by atoms with E-state index < -0.39 is 284 Å². The highest BCUT2D eigenvalue weighted by Gasteiger charge is 2.51. The van der Waals surface area contributed by atoms with Crippen LogP contribution in [0.15, 0.2) is 109 Å². The molecule has 7 aliphatic heterocycles. The van der Waals surface area contributed by atoms with E-state index in [-0.39, 0.29) is 83.6 Å². The number of nitrogen functional groups attached to an aromatic ring is 2. The number of anilines is 2. The average molecular weight is 2240 g/mol. The van der Waals surface area contributed by atoms with E-state index in [1.807, 2.05) is 0 Å². The van der Waals surface area contributed by atoms with Crippen LogP contribution in [0.1, 0.15) is 123 Å². The molecule has 13 unspecified atom stereocenters. The van der Waals surface area contributed by atoms with E-state index in [9.17, 15) is 91.9 Å². The molecular weight excluding hydrogens is 2150 g/mol. The minimum atomic E-state index is -4.75. The van der Waals surface area contributed by atoms with Crippen molar-refractivity contribution < 1.29 is 131 Å². The topological polar surface area (TPSA) is 751 Å². The number of nitrogens with two attached hydrogens (primary N) is 2. The van der Waals surface area contributed by atoms with Gasteiger partial charge in [0.05, 0.1) is 94.8 Å². The third-order valence-corrected chi connectivity index (χ3v) is 33.2. The summed E-state index contributed by atoms with van der Waals surface area (Å²) in [5.74, 6) is -0.164. The summed E-state index contributed by atoms with van der Waals surface area (Å²) in [6, 6.07) is 1.01. The molecule has 8 aromatic heterocycles. The fourth-order valence-electron chi connectivity index (χ4n) is 16.0. The highest BCUT2D eigenvalue weighted by Crippen LogP contribution is 2.58. The van der Waals surface area contributed by atoms with Crippen LogP contribution in [-0.4, -0.2) is 241 Å². The Morgan fingerprint density at radius 1 is 0.357 bits per heavy atom. The Labute approximate surface area is 820 Å². The summed E-state index contributed by atoms with van der Waals surface area (Å²) in [4.78, 5) is 261. The Morgan fingerprint density at radius 2 is 0.636 bits per heavy atom. The Bertz CT molecular complexity index is 7140. The second-order valence-electron chi connectivity index (χ2n) is 32.8. The molecule has 15 rings (SSSR count). The Kier molecular flexibility index (Phi) is 33.5. The molecule has 17 N–H and O–H groups in total. The number of aromatic nitrogens is 16. The molecule has 768 valence electrons. The maximum Gasteiger partial charge on any atom is 0.351 e.